The fourth-order valence-corrected chi connectivity index (χ4v) is 5.29. The molecule has 1 aromatic carbocycles. The van der Waals surface area contributed by atoms with Crippen molar-refractivity contribution in [3.05, 3.63) is 22.3 Å². The number of hydrogen-bond acceptors (Lipinski definition) is 3. The van der Waals surface area contributed by atoms with Gasteiger partial charge in [0.25, 0.3) is 0 Å². The summed E-state index contributed by atoms with van der Waals surface area (Å²) in [4.78, 5) is 11.0. The summed E-state index contributed by atoms with van der Waals surface area (Å²) in [6, 6.07) is 1.98. The fourth-order valence-electron chi connectivity index (χ4n) is 1.48. The topological polar surface area (TPSA) is 66.2 Å². The Balaban J connectivity index is 0.00000289. The molecule has 0 saturated heterocycles. The second-order valence-corrected chi connectivity index (χ2v) is 7.08. The van der Waals surface area contributed by atoms with E-state index in [2.05, 4.69) is 67.8 Å². The summed E-state index contributed by atoms with van der Waals surface area (Å²) in [5, 5.41) is 11.0. The van der Waals surface area contributed by atoms with Crippen molar-refractivity contribution < 1.29 is 28.8 Å². The van der Waals surface area contributed by atoms with Gasteiger partial charge in [-0.2, -0.15) is 0 Å². The van der Waals surface area contributed by atoms with Crippen LogP contribution < -0.4 is 29.7 Å². The molecule has 1 rings (SSSR count). The van der Waals surface area contributed by atoms with Crippen LogP contribution in [0.1, 0.15) is 18.9 Å². The van der Waals surface area contributed by atoms with Crippen molar-refractivity contribution in [3.8, 4) is 0 Å². The molecule has 0 bridgehead atoms. The van der Waals surface area contributed by atoms with Gasteiger partial charge in [0.2, 0.25) is 0 Å². The van der Waals surface area contributed by atoms with Gasteiger partial charge in [0.15, 0.2) is 0 Å². The second kappa shape index (κ2) is 8.54. The SMILES string of the molecule is CCC(Cc1c(I)cc(I)c(N)c1I)C(=O)[O-].[Li+]. The standard InChI is InChI=1S/C11H12I3NO2.Li/c1-2-5(11(16)17)3-6-7(12)4-8(13)10(15)9(6)14;/h4-5H,2-3,15H2,1H3,(H,16,17);/q;+1/p-1. The van der Waals surface area contributed by atoms with Crippen molar-refractivity contribution in [2.75, 3.05) is 5.73 Å². The molecule has 1 unspecified atom stereocenters. The summed E-state index contributed by atoms with van der Waals surface area (Å²) >= 11 is 6.59. The zero-order chi connectivity index (χ0) is 13.2. The van der Waals surface area contributed by atoms with Gasteiger partial charge >= 0.3 is 18.9 Å². The smallest absolute Gasteiger partial charge is 0.550 e. The molecule has 0 saturated carbocycles. The number of nitrogens with two attached hydrogens (primary N) is 1. The number of carboxylic acid groups (broad SMARTS) is 1. The first kappa shape index (κ1) is 19.3. The van der Waals surface area contributed by atoms with Crippen molar-refractivity contribution >= 4 is 79.4 Å². The van der Waals surface area contributed by atoms with Gasteiger partial charge in [0, 0.05) is 22.6 Å². The molecule has 0 amide bonds. The van der Waals surface area contributed by atoms with Crippen LogP contribution in [0.15, 0.2) is 6.07 Å². The van der Waals surface area contributed by atoms with E-state index in [9.17, 15) is 9.90 Å². The van der Waals surface area contributed by atoms with Gasteiger partial charge in [0.05, 0.1) is 5.69 Å². The van der Waals surface area contributed by atoms with Crippen LogP contribution in [0.5, 0.6) is 0 Å². The molecular formula is C11H11I3LiNO2. The molecule has 0 fully saturated rings. The van der Waals surface area contributed by atoms with E-state index in [0.29, 0.717) is 12.8 Å². The summed E-state index contributed by atoms with van der Waals surface area (Å²) in [6.45, 7) is 1.86. The zero-order valence-electron chi connectivity index (χ0n) is 10.1. The molecule has 0 aromatic heterocycles. The Morgan fingerprint density at radius 2 is 1.94 bits per heavy atom. The largest absolute Gasteiger partial charge is 1.00 e. The maximum absolute atomic E-state index is 11.0. The molecule has 0 aliphatic rings. The molecule has 0 aliphatic heterocycles. The summed E-state index contributed by atoms with van der Waals surface area (Å²) in [5.41, 5.74) is 7.71. The van der Waals surface area contributed by atoms with E-state index in [0.717, 1.165) is 22.0 Å². The number of benzene rings is 1. The Hall–Kier alpha value is 1.28. The number of hydrogen-bond donors (Lipinski definition) is 1. The van der Waals surface area contributed by atoms with E-state index in [1.165, 1.54) is 0 Å². The number of anilines is 1. The molecule has 1 atom stereocenters. The first-order chi connectivity index (χ1) is 7.88. The van der Waals surface area contributed by atoms with E-state index < -0.39 is 11.9 Å². The fraction of sp³-hybridized carbons (Fsp3) is 0.364. The van der Waals surface area contributed by atoms with Gasteiger partial charge in [-0.25, -0.2) is 0 Å². The van der Waals surface area contributed by atoms with E-state index in [4.69, 9.17) is 5.73 Å². The number of nitrogen functional groups attached to an aromatic ring is 1. The summed E-state index contributed by atoms with van der Waals surface area (Å²) < 4.78 is 3.02. The van der Waals surface area contributed by atoms with Crippen LogP contribution >= 0.6 is 67.8 Å². The van der Waals surface area contributed by atoms with E-state index in [1.54, 1.807) is 0 Å². The van der Waals surface area contributed by atoms with Crippen LogP contribution in [0.3, 0.4) is 0 Å². The van der Waals surface area contributed by atoms with Crippen LogP contribution in [0.4, 0.5) is 5.69 Å². The molecule has 94 valence electrons. The molecule has 3 nitrogen and oxygen atoms in total. The monoisotopic (exact) mass is 577 g/mol. The van der Waals surface area contributed by atoms with Gasteiger partial charge in [-0.3, -0.25) is 0 Å². The maximum Gasteiger partial charge on any atom is 1.00 e. The van der Waals surface area contributed by atoms with Crippen molar-refractivity contribution in [3.63, 3.8) is 0 Å². The van der Waals surface area contributed by atoms with Crippen molar-refractivity contribution in [1.29, 1.82) is 0 Å². The third kappa shape index (κ3) is 4.68. The molecular weight excluding hydrogens is 566 g/mol. The van der Waals surface area contributed by atoms with Gasteiger partial charge in [0.1, 0.15) is 0 Å². The summed E-state index contributed by atoms with van der Waals surface area (Å²) in [6.07, 6.45) is 1.05. The van der Waals surface area contributed by atoms with E-state index >= 15 is 0 Å². The van der Waals surface area contributed by atoms with Gasteiger partial charge in [-0.15, -0.1) is 0 Å². The van der Waals surface area contributed by atoms with Gasteiger partial charge < -0.3 is 15.6 Å². The Bertz CT molecular complexity index is 454. The average Bonchev–Trinajstić information content (AvgIpc) is 2.26. The third-order valence-electron chi connectivity index (χ3n) is 2.58. The average molecular weight is 577 g/mol. The maximum atomic E-state index is 11.0. The number of halogens is 3. The molecule has 0 aliphatic carbocycles. The molecule has 1 aromatic rings. The normalized spacial score (nSPS) is 11.8. The molecule has 0 radical (unpaired) electrons. The number of carbonyl (C=O) groups excluding carboxylic acids is 1. The van der Waals surface area contributed by atoms with Crippen LogP contribution in [-0.4, -0.2) is 5.97 Å². The molecule has 0 spiro atoms. The summed E-state index contributed by atoms with van der Waals surface area (Å²) in [7, 11) is 0. The minimum Gasteiger partial charge on any atom is -0.550 e. The predicted molar refractivity (Wildman–Crippen MR) is 91.5 cm³/mol. The van der Waals surface area contributed by atoms with Crippen LogP contribution in [0.2, 0.25) is 0 Å². The van der Waals surface area contributed by atoms with E-state index in [-0.39, 0.29) is 18.9 Å². The summed E-state index contributed by atoms with van der Waals surface area (Å²) in [5.74, 6) is -1.44. The first-order valence-corrected chi connectivity index (χ1v) is 8.24. The Kier molecular flexibility index (Phi) is 9.14. The number of aliphatic carboxylic acids is 1. The van der Waals surface area contributed by atoms with Crippen molar-refractivity contribution in [2.45, 2.75) is 19.8 Å². The second-order valence-electron chi connectivity index (χ2n) is 3.67. The number of carbonyl (C=O) groups is 1. The molecule has 18 heavy (non-hydrogen) atoms. The minimum absolute atomic E-state index is 0. The molecule has 2 N–H and O–H groups in total. The molecule has 0 heterocycles. The Morgan fingerprint density at radius 1 is 1.39 bits per heavy atom. The van der Waals surface area contributed by atoms with Crippen LogP contribution in [0, 0.1) is 16.6 Å². The Labute approximate surface area is 160 Å². The third-order valence-corrected chi connectivity index (χ3v) is 5.66. The van der Waals surface area contributed by atoms with Crippen molar-refractivity contribution in [1.82, 2.24) is 0 Å². The van der Waals surface area contributed by atoms with Crippen molar-refractivity contribution in [2.24, 2.45) is 5.92 Å². The molecule has 7 heteroatoms. The zero-order valence-corrected chi connectivity index (χ0v) is 16.6. The van der Waals surface area contributed by atoms with E-state index in [1.807, 2.05) is 13.0 Å². The minimum atomic E-state index is -0.990. The quantitative estimate of drug-likeness (QED) is 0.296. The Morgan fingerprint density at radius 3 is 2.39 bits per heavy atom. The van der Waals surface area contributed by atoms with Gasteiger partial charge in [-0.05, 0) is 92.2 Å². The number of carboxylic acids is 1. The van der Waals surface area contributed by atoms with Gasteiger partial charge in [-0.1, -0.05) is 6.92 Å². The first-order valence-electron chi connectivity index (χ1n) is 5.01. The van der Waals surface area contributed by atoms with Crippen LogP contribution in [-0.2, 0) is 11.2 Å². The van der Waals surface area contributed by atoms with Crippen LogP contribution in [0.25, 0.3) is 0 Å². The predicted octanol–water partition coefficient (Wildman–Crippen LogP) is -0.595. The number of rotatable bonds is 4.